The second kappa shape index (κ2) is 7.04. The third-order valence-electron chi connectivity index (χ3n) is 4.05. The van der Waals surface area contributed by atoms with E-state index in [1.165, 1.54) is 32.1 Å². The van der Waals surface area contributed by atoms with Gasteiger partial charge < -0.3 is 4.74 Å². The standard InChI is InChI=1S/C17H24OS/c1-2-8-15-9-4-5-10-16(15)18-13-17(14-19)11-6-3-7-12-17/h2,4-5,8-10,19H,3,6-7,11-14H2,1H3. The Bertz CT molecular complexity index is 419. The summed E-state index contributed by atoms with van der Waals surface area (Å²) in [5.74, 6) is 1.92. The van der Waals surface area contributed by atoms with Crippen molar-refractivity contribution in [2.45, 2.75) is 39.0 Å². The highest BCUT2D eigenvalue weighted by Gasteiger charge is 2.31. The van der Waals surface area contributed by atoms with Gasteiger partial charge in [0.2, 0.25) is 0 Å². The van der Waals surface area contributed by atoms with Crippen LogP contribution in [0.5, 0.6) is 5.75 Å². The van der Waals surface area contributed by atoms with E-state index in [1.54, 1.807) is 0 Å². The molecule has 104 valence electrons. The van der Waals surface area contributed by atoms with Crippen molar-refractivity contribution < 1.29 is 4.74 Å². The first-order chi connectivity index (χ1) is 9.29. The van der Waals surface area contributed by atoms with Crippen LogP contribution in [-0.2, 0) is 0 Å². The number of hydrogen-bond acceptors (Lipinski definition) is 2. The first-order valence-corrected chi connectivity index (χ1v) is 7.88. The molecule has 0 heterocycles. The number of thiol groups is 1. The maximum atomic E-state index is 6.12. The average molecular weight is 276 g/mol. The molecule has 1 aromatic rings. The van der Waals surface area contributed by atoms with E-state index in [4.69, 9.17) is 4.74 Å². The van der Waals surface area contributed by atoms with Crippen molar-refractivity contribution >= 4 is 18.7 Å². The van der Waals surface area contributed by atoms with E-state index in [2.05, 4.69) is 43.0 Å². The molecule has 2 rings (SSSR count). The lowest BCUT2D eigenvalue weighted by atomic mass is 9.76. The van der Waals surface area contributed by atoms with E-state index in [1.807, 2.05) is 13.0 Å². The van der Waals surface area contributed by atoms with Crippen LogP contribution in [0.3, 0.4) is 0 Å². The molecule has 19 heavy (non-hydrogen) atoms. The van der Waals surface area contributed by atoms with Gasteiger partial charge in [0.15, 0.2) is 0 Å². The van der Waals surface area contributed by atoms with E-state index in [0.717, 1.165) is 23.7 Å². The first-order valence-electron chi connectivity index (χ1n) is 7.25. The lowest BCUT2D eigenvalue weighted by Crippen LogP contribution is -2.33. The smallest absolute Gasteiger partial charge is 0.126 e. The fourth-order valence-corrected chi connectivity index (χ4v) is 3.22. The van der Waals surface area contributed by atoms with E-state index >= 15 is 0 Å². The lowest BCUT2D eigenvalue weighted by molar-refractivity contribution is 0.121. The molecule has 0 bridgehead atoms. The Labute approximate surface area is 122 Å². The highest BCUT2D eigenvalue weighted by molar-refractivity contribution is 7.80. The van der Waals surface area contributed by atoms with Crippen molar-refractivity contribution in [3.05, 3.63) is 35.9 Å². The van der Waals surface area contributed by atoms with Crippen molar-refractivity contribution in [2.75, 3.05) is 12.4 Å². The Morgan fingerprint density at radius 3 is 2.63 bits per heavy atom. The van der Waals surface area contributed by atoms with Gasteiger partial charge in [-0.25, -0.2) is 0 Å². The van der Waals surface area contributed by atoms with Gasteiger partial charge in [0.05, 0.1) is 6.61 Å². The van der Waals surface area contributed by atoms with Gasteiger partial charge in [-0.1, -0.05) is 49.6 Å². The summed E-state index contributed by atoms with van der Waals surface area (Å²) in [6, 6.07) is 8.25. The minimum Gasteiger partial charge on any atom is -0.492 e. The van der Waals surface area contributed by atoms with Crippen LogP contribution >= 0.6 is 12.6 Å². The molecule has 1 aromatic carbocycles. The van der Waals surface area contributed by atoms with Crippen LogP contribution in [-0.4, -0.2) is 12.4 Å². The van der Waals surface area contributed by atoms with Gasteiger partial charge in [-0.05, 0) is 31.6 Å². The molecule has 1 aliphatic rings. The number of allylic oxidation sites excluding steroid dienone is 1. The third-order valence-corrected chi connectivity index (χ3v) is 4.72. The van der Waals surface area contributed by atoms with Crippen molar-refractivity contribution in [2.24, 2.45) is 5.41 Å². The van der Waals surface area contributed by atoms with Gasteiger partial charge in [-0.3, -0.25) is 0 Å². The van der Waals surface area contributed by atoms with Gasteiger partial charge in [0, 0.05) is 11.0 Å². The van der Waals surface area contributed by atoms with Crippen molar-refractivity contribution in [1.29, 1.82) is 0 Å². The summed E-state index contributed by atoms with van der Waals surface area (Å²) in [7, 11) is 0. The Kier molecular flexibility index (Phi) is 5.38. The molecule has 1 aliphatic carbocycles. The predicted molar refractivity (Wildman–Crippen MR) is 86.0 cm³/mol. The highest BCUT2D eigenvalue weighted by Crippen LogP contribution is 2.38. The zero-order chi connectivity index (χ0) is 13.6. The molecular weight excluding hydrogens is 252 g/mol. The minimum atomic E-state index is 0.282. The normalized spacial score (nSPS) is 18.6. The summed E-state index contributed by atoms with van der Waals surface area (Å²) in [5, 5.41) is 0. The minimum absolute atomic E-state index is 0.282. The third kappa shape index (κ3) is 3.79. The van der Waals surface area contributed by atoms with Crippen LogP contribution in [0.1, 0.15) is 44.6 Å². The van der Waals surface area contributed by atoms with Gasteiger partial charge >= 0.3 is 0 Å². The fourth-order valence-electron chi connectivity index (χ4n) is 2.81. The van der Waals surface area contributed by atoms with E-state index < -0.39 is 0 Å². The van der Waals surface area contributed by atoms with Crippen molar-refractivity contribution in [3.63, 3.8) is 0 Å². The lowest BCUT2D eigenvalue weighted by Gasteiger charge is -2.35. The molecule has 0 N–H and O–H groups in total. The molecule has 0 radical (unpaired) electrons. The van der Waals surface area contributed by atoms with Crippen LogP contribution in [0.15, 0.2) is 30.3 Å². The zero-order valence-corrected chi connectivity index (χ0v) is 12.7. The quantitative estimate of drug-likeness (QED) is 0.746. The number of rotatable bonds is 5. The van der Waals surface area contributed by atoms with E-state index in [9.17, 15) is 0 Å². The maximum absolute atomic E-state index is 6.12. The Balaban J connectivity index is 2.04. The molecule has 0 unspecified atom stereocenters. The summed E-state index contributed by atoms with van der Waals surface area (Å²) < 4.78 is 6.12. The summed E-state index contributed by atoms with van der Waals surface area (Å²) in [6.07, 6.45) is 10.7. The van der Waals surface area contributed by atoms with Crippen LogP contribution < -0.4 is 4.74 Å². The van der Waals surface area contributed by atoms with Gasteiger partial charge in [0.1, 0.15) is 5.75 Å². The van der Waals surface area contributed by atoms with Crippen LogP contribution in [0.4, 0.5) is 0 Å². The summed E-state index contributed by atoms with van der Waals surface area (Å²) in [5.41, 5.74) is 1.44. The monoisotopic (exact) mass is 276 g/mol. The van der Waals surface area contributed by atoms with Gasteiger partial charge in [0.25, 0.3) is 0 Å². The topological polar surface area (TPSA) is 9.23 Å². The molecule has 0 atom stereocenters. The molecule has 0 aromatic heterocycles. The van der Waals surface area contributed by atoms with E-state index in [-0.39, 0.29) is 5.41 Å². The Morgan fingerprint density at radius 2 is 1.95 bits per heavy atom. The van der Waals surface area contributed by atoms with Crippen molar-refractivity contribution in [1.82, 2.24) is 0 Å². The van der Waals surface area contributed by atoms with E-state index in [0.29, 0.717) is 0 Å². The number of benzene rings is 1. The first kappa shape index (κ1) is 14.5. The van der Waals surface area contributed by atoms with Crippen molar-refractivity contribution in [3.8, 4) is 5.75 Å². The summed E-state index contributed by atoms with van der Waals surface area (Å²) in [6.45, 7) is 2.83. The van der Waals surface area contributed by atoms with Crippen LogP contribution in [0.25, 0.3) is 6.08 Å². The maximum Gasteiger partial charge on any atom is 0.126 e. The summed E-state index contributed by atoms with van der Waals surface area (Å²) >= 11 is 4.57. The molecule has 1 nitrogen and oxygen atoms in total. The molecule has 1 fully saturated rings. The fraction of sp³-hybridized carbons (Fsp3) is 0.529. The van der Waals surface area contributed by atoms with Gasteiger partial charge in [-0.2, -0.15) is 12.6 Å². The summed E-state index contributed by atoms with van der Waals surface area (Å²) in [4.78, 5) is 0. The second-order valence-electron chi connectivity index (χ2n) is 5.55. The molecule has 0 amide bonds. The Hall–Kier alpha value is -0.890. The largest absolute Gasteiger partial charge is 0.492 e. The second-order valence-corrected chi connectivity index (χ2v) is 5.86. The molecule has 2 heteroatoms. The molecule has 0 aliphatic heterocycles. The molecule has 0 saturated heterocycles. The average Bonchev–Trinajstić information content (AvgIpc) is 2.48. The van der Waals surface area contributed by atoms with Gasteiger partial charge in [-0.15, -0.1) is 0 Å². The Morgan fingerprint density at radius 1 is 1.21 bits per heavy atom. The number of hydrogen-bond donors (Lipinski definition) is 1. The SMILES string of the molecule is CC=Cc1ccccc1OCC1(CS)CCCCC1. The molecule has 1 saturated carbocycles. The number of ether oxygens (including phenoxy) is 1. The zero-order valence-electron chi connectivity index (χ0n) is 11.8. The number of para-hydroxylation sites is 1. The molecular formula is C17H24OS. The van der Waals surface area contributed by atoms with Crippen LogP contribution in [0, 0.1) is 5.41 Å². The highest BCUT2D eigenvalue weighted by atomic mass is 32.1. The van der Waals surface area contributed by atoms with Crippen LogP contribution in [0.2, 0.25) is 0 Å². The molecule has 0 spiro atoms. The predicted octanol–water partition coefficient (Wildman–Crippen LogP) is 4.98.